The molecule has 0 fully saturated rings. The van der Waals surface area contributed by atoms with Gasteiger partial charge in [-0.3, -0.25) is 4.98 Å². The standard InChI is InChI=1S/C12H7I3N2OS/c1-8-17-10(7-19-8)3-2-9-4-11(6-16-5-9)18-12(13,14)15/h4-7H,1H3. The second-order valence-corrected chi connectivity index (χ2v) is 15.3. The maximum Gasteiger partial charge on any atom is 0.258 e. The fourth-order valence-corrected chi connectivity index (χ4v) is 2.54. The molecule has 3 nitrogen and oxygen atoms in total. The minimum atomic E-state index is -0.326. The molecule has 0 amide bonds. The van der Waals surface area contributed by atoms with Crippen LogP contribution in [-0.4, -0.2) is 9.59 Å². The normalized spacial score (nSPS) is 10.7. The van der Waals surface area contributed by atoms with Crippen LogP contribution >= 0.6 is 79.1 Å². The number of hydrogen-bond acceptors (Lipinski definition) is 4. The van der Waals surface area contributed by atoms with Gasteiger partial charge in [0.15, 0.2) is 0 Å². The molecule has 2 rings (SSSR count). The van der Waals surface area contributed by atoms with Crippen molar-refractivity contribution in [2.24, 2.45) is 0 Å². The van der Waals surface area contributed by atoms with Gasteiger partial charge in [-0.25, -0.2) is 4.98 Å². The average Bonchev–Trinajstić information content (AvgIpc) is 2.71. The van der Waals surface area contributed by atoms with Crippen LogP contribution in [0.1, 0.15) is 16.3 Å². The molecule has 0 saturated carbocycles. The molecule has 2 aromatic heterocycles. The predicted molar refractivity (Wildman–Crippen MR) is 102 cm³/mol. The summed E-state index contributed by atoms with van der Waals surface area (Å²) in [7, 11) is 0. The van der Waals surface area contributed by atoms with Gasteiger partial charge in [-0.05, 0) is 86.7 Å². The highest BCUT2D eigenvalue weighted by Crippen LogP contribution is 2.37. The molecular formula is C12H7I3N2OS. The summed E-state index contributed by atoms with van der Waals surface area (Å²) in [6, 6.07) is 1.88. The number of ether oxygens (including phenoxy) is 1. The maximum absolute atomic E-state index is 5.71. The first-order valence-corrected chi connectivity index (χ1v) is 9.19. The number of alkyl halides is 3. The fraction of sp³-hybridized carbons (Fsp3) is 0.167. The third-order valence-electron chi connectivity index (χ3n) is 1.90. The summed E-state index contributed by atoms with van der Waals surface area (Å²) in [5.41, 5.74) is 1.61. The SMILES string of the molecule is Cc1nc(C#Cc2cncc(OC(I)(I)I)c2)cs1. The molecule has 0 unspecified atom stereocenters. The van der Waals surface area contributed by atoms with Gasteiger partial charge in [-0.2, -0.15) is 0 Å². The van der Waals surface area contributed by atoms with E-state index in [0.29, 0.717) is 5.75 Å². The minimum absolute atomic E-state index is 0.326. The second kappa shape index (κ2) is 6.86. The van der Waals surface area contributed by atoms with E-state index in [-0.39, 0.29) is -0.379 Å². The van der Waals surface area contributed by atoms with Crippen molar-refractivity contribution < 1.29 is 4.74 Å². The molecule has 0 bridgehead atoms. The summed E-state index contributed by atoms with van der Waals surface area (Å²) < 4.78 is 5.39. The third-order valence-corrected chi connectivity index (χ3v) is 3.33. The number of aryl methyl sites for hydroxylation is 1. The zero-order valence-electron chi connectivity index (χ0n) is 9.65. The minimum Gasteiger partial charge on any atom is -0.457 e. The highest BCUT2D eigenvalue weighted by atomic mass is 127. The van der Waals surface area contributed by atoms with Crippen LogP contribution in [0.5, 0.6) is 5.75 Å². The van der Waals surface area contributed by atoms with Crippen molar-refractivity contribution in [3.63, 3.8) is 0 Å². The van der Waals surface area contributed by atoms with E-state index in [0.717, 1.165) is 16.3 Å². The Morgan fingerprint density at radius 2 is 2.05 bits per heavy atom. The molecule has 19 heavy (non-hydrogen) atoms. The first kappa shape index (κ1) is 15.7. The number of hydrogen-bond donors (Lipinski definition) is 0. The van der Waals surface area contributed by atoms with Gasteiger partial charge in [0, 0.05) is 17.1 Å². The first-order chi connectivity index (χ1) is 8.92. The lowest BCUT2D eigenvalue weighted by molar-refractivity contribution is 0.377. The zero-order valence-corrected chi connectivity index (χ0v) is 16.9. The van der Waals surface area contributed by atoms with Gasteiger partial charge in [0.25, 0.3) is -0.379 Å². The van der Waals surface area contributed by atoms with Crippen LogP contribution in [0, 0.1) is 18.8 Å². The van der Waals surface area contributed by atoms with E-state index in [4.69, 9.17) is 4.74 Å². The number of halogens is 3. The van der Waals surface area contributed by atoms with Crippen molar-refractivity contribution >= 4 is 79.1 Å². The molecule has 0 aliphatic carbocycles. The van der Waals surface area contributed by atoms with Crippen LogP contribution in [-0.2, 0) is 0 Å². The molecule has 0 aromatic carbocycles. The van der Waals surface area contributed by atoms with E-state index in [9.17, 15) is 0 Å². The lowest BCUT2D eigenvalue weighted by Gasteiger charge is -2.14. The van der Waals surface area contributed by atoms with Crippen LogP contribution in [0.3, 0.4) is 0 Å². The summed E-state index contributed by atoms with van der Waals surface area (Å²) >= 11 is 8.21. The van der Waals surface area contributed by atoms with Gasteiger partial charge in [0.2, 0.25) is 0 Å². The molecule has 98 valence electrons. The number of thiazole rings is 1. The maximum atomic E-state index is 5.71. The molecular weight excluding hydrogens is 601 g/mol. The summed E-state index contributed by atoms with van der Waals surface area (Å²) in [6.45, 7) is 1.96. The van der Waals surface area contributed by atoms with E-state index >= 15 is 0 Å². The number of rotatable bonds is 2. The Labute approximate surface area is 156 Å². The summed E-state index contributed by atoms with van der Waals surface area (Å²) in [5.74, 6) is 6.77. The molecule has 2 heterocycles. The van der Waals surface area contributed by atoms with Gasteiger partial charge < -0.3 is 4.74 Å². The molecule has 0 N–H and O–H groups in total. The van der Waals surface area contributed by atoms with Gasteiger partial charge in [0.1, 0.15) is 11.4 Å². The predicted octanol–water partition coefficient (Wildman–Crippen LogP) is 4.54. The molecule has 0 atom stereocenters. The van der Waals surface area contributed by atoms with Crippen molar-refractivity contribution in [1.82, 2.24) is 9.97 Å². The molecule has 0 radical (unpaired) electrons. The monoisotopic (exact) mass is 608 g/mol. The third kappa shape index (κ3) is 5.68. The number of pyridine rings is 1. The average molecular weight is 608 g/mol. The summed E-state index contributed by atoms with van der Waals surface area (Å²) in [6.07, 6.45) is 3.40. The van der Waals surface area contributed by atoms with Crippen LogP contribution in [0.2, 0.25) is 0 Å². The van der Waals surface area contributed by atoms with E-state index in [1.54, 1.807) is 23.7 Å². The first-order valence-electron chi connectivity index (χ1n) is 5.07. The Morgan fingerprint density at radius 1 is 1.26 bits per heavy atom. The van der Waals surface area contributed by atoms with Gasteiger partial charge in [0.05, 0.1) is 11.2 Å². The Morgan fingerprint density at radius 3 is 2.68 bits per heavy atom. The fourth-order valence-electron chi connectivity index (χ4n) is 1.23. The molecule has 0 spiro atoms. The van der Waals surface area contributed by atoms with Crippen LogP contribution in [0.25, 0.3) is 0 Å². The van der Waals surface area contributed by atoms with E-state index < -0.39 is 0 Å². The van der Waals surface area contributed by atoms with Gasteiger partial charge >= 0.3 is 0 Å². The Kier molecular flexibility index (Phi) is 5.67. The summed E-state index contributed by atoms with van der Waals surface area (Å²) in [5, 5.41) is 2.96. The zero-order chi connectivity index (χ0) is 13.9. The summed E-state index contributed by atoms with van der Waals surface area (Å²) in [4.78, 5) is 8.43. The second-order valence-electron chi connectivity index (χ2n) is 3.46. The topological polar surface area (TPSA) is 35.0 Å². The van der Waals surface area contributed by atoms with Crippen molar-refractivity contribution in [1.29, 1.82) is 0 Å². The molecule has 0 aliphatic heterocycles. The van der Waals surface area contributed by atoms with Gasteiger partial charge in [-0.1, -0.05) is 5.92 Å². The smallest absolute Gasteiger partial charge is 0.258 e. The molecule has 0 saturated heterocycles. The van der Waals surface area contributed by atoms with E-state index in [2.05, 4.69) is 89.6 Å². The molecule has 2 aromatic rings. The van der Waals surface area contributed by atoms with Crippen molar-refractivity contribution in [2.75, 3.05) is 0 Å². The lowest BCUT2D eigenvalue weighted by atomic mass is 10.3. The Bertz CT molecular complexity index is 640. The number of nitrogens with zero attached hydrogens (tertiary/aromatic N) is 2. The van der Waals surface area contributed by atoms with Crippen LogP contribution < -0.4 is 4.74 Å². The van der Waals surface area contributed by atoms with Crippen molar-refractivity contribution in [3.05, 3.63) is 40.1 Å². The number of aromatic nitrogens is 2. The highest BCUT2D eigenvalue weighted by molar-refractivity contribution is 14.3. The Balaban J connectivity index is 2.18. The van der Waals surface area contributed by atoms with Crippen LogP contribution in [0.4, 0.5) is 0 Å². The highest BCUT2D eigenvalue weighted by Gasteiger charge is 2.18. The lowest BCUT2D eigenvalue weighted by Crippen LogP contribution is -2.09. The van der Waals surface area contributed by atoms with Crippen molar-refractivity contribution in [3.8, 4) is 17.6 Å². The van der Waals surface area contributed by atoms with Crippen LogP contribution in [0.15, 0.2) is 23.8 Å². The molecule has 0 aliphatic rings. The quantitative estimate of drug-likeness (QED) is 0.286. The Hall–Kier alpha value is 0.330. The van der Waals surface area contributed by atoms with E-state index in [1.165, 1.54) is 0 Å². The van der Waals surface area contributed by atoms with Crippen molar-refractivity contribution in [2.45, 2.75) is 6.54 Å². The van der Waals surface area contributed by atoms with E-state index in [1.807, 2.05) is 18.4 Å². The largest absolute Gasteiger partial charge is 0.457 e. The van der Waals surface area contributed by atoms with Gasteiger partial charge in [-0.15, -0.1) is 11.3 Å². The molecule has 7 heteroatoms.